The first-order chi connectivity index (χ1) is 7.72. The molecule has 1 rings (SSSR count). The predicted molar refractivity (Wildman–Crippen MR) is 59.8 cm³/mol. The summed E-state index contributed by atoms with van der Waals surface area (Å²) < 4.78 is 1.65. The summed E-state index contributed by atoms with van der Waals surface area (Å²) in [5.74, 6) is -0.0613. The molecule has 0 saturated heterocycles. The monoisotopic (exact) mass is 226 g/mol. The van der Waals surface area contributed by atoms with E-state index in [9.17, 15) is 9.90 Å². The fourth-order valence-electron chi connectivity index (χ4n) is 1.30. The molecule has 1 amide bonds. The van der Waals surface area contributed by atoms with Crippen LogP contribution in [0.25, 0.3) is 0 Å². The summed E-state index contributed by atoms with van der Waals surface area (Å²) in [4.78, 5) is 11.1. The van der Waals surface area contributed by atoms with Crippen LogP contribution in [0.3, 0.4) is 0 Å². The van der Waals surface area contributed by atoms with Crippen molar-refractivity contribution in [2.24, 2.45) is 0 Å². The van der Waals surface area contributed by atoms with E-state index in [-0.39, 0.29) is 12.5 Å². The van der Waals surface area contributed by atoms with Crippen molar-refractivity contribution in [3.63, 3.8) is 0 Å². The molecular weight excluding hydrogens is 208 g/mol. The number of aliphatic hydroxyl groups is 1. The van der Waals surface area contributed by atoms with Crippen LogP contribution in [-0.2, 0) is 11.3 Å². The van der Waals surface area contributed by atoms with E-state index in [0.717, 1.165) is 0 Å². The highest BCUT2D eigenvalue weighted by atomic mass is 16.3. The van der Waals surface area contributed by atoms with E-state index in [1.54, 1.807) is 23.1 Å². The Labute approximate surface area is 94.6 Å². The summed E-state index contributed by atoms with van der Waals surface area (Å²) >= 11 is 0. The van der Waals surface area contributed by atoms with Crippen LogP contribution in [0.15, 0.2) is 18.5 Å². The lowest BCUT2D eigenvalue weighted by atomic mass is 10.3. The van der Waals surface area contributed by atoms with Gasteiger partial charge < -0.3 is 15.7 Å². The maximum Gasteiger partial charge on any atom is 0.233 e. The molecule has 0 aliphatic carbocycles. The van der Waals surface area contributed by atoms with Gasteiger partial charge in [-0.3, -0.25) is 9.48 Å². The molecule has 0 spiro atoms. The number of hydrogen-bond donors (Lipinski definition) is 3. The summed E-state index contributed by atoms with van der Waals surface area (Å²) in [7, 11) is 0. The van der Waals surface area contributed by atoms with Crippen molar-refractivity contribution in [3.8, 4) is 0 Å². The van der Waals surface area contributed by atoms with Crippen molar-refractivity contribution < 1.29 is 9.90 Å². The molecule has 0 saturated carbocycles. The maximum atomic E-state index is 11.1. The molecule has 0 fully saturated rings. The van der Waals surface area contributed by atoms with Crippen molar-refractivity contribution in [3.05, 3.63) is 18.5 Å². The lowest BCUT2D eigenvalue weighted by molar-refractivity contribution is -0.120. The van der Waals surface area contributed by atoms with Crippen LogP contribution in [-0.4, -0.2) is 46.5 Å². The Bertz CT molecular complexity index is 300. The molecule has 0 aromatic carbocycles. The van der Waals surface area contributed by atoms with E-state index in [0.29, 0.717) is 19.6 Å². The van der Waals surface area contributed by atoms with E-state index in [1.807, 2.05) is 6.92 Å². The van der Waals surface area contributed by atoms with Gasteiger partial charge in [-0.15, -0.1) is 0 Å². The second-order valence-electron chi connectivity index (χ2n) is 3.47. The minimum atomic E-state index is -0.547. The summed E-state index contributed by atoms with van der Waals surface area (Å²) in [5.41, 5.74) is 0. The molecule has 1 unspecified atom stereocenters. The number of nitrogens with zero attached hydrogens (tertiary/aromatic N) is 2. The minimum absolute atomic E-state index is 0.0613. The van der Waals surface area contributed by atoms with Crippen LogP contribution in [0.4, 0.5) is 0 Å². The third-order valence-corrected chi connectivity index (χ3v) is 2.00. The molecule has 3 N–H and O–H groups in total. The van der Waals surface area contributed by atoms with E-state index in [2.05, 4.69) is 15.7 Å². The van der Waals surface area contributed by atoms with Gasteiger partial charge >= 0.3 is 0 Å². The van der Waals surface area contributed by atoms with E-state index in [1.165, 1.54) is 0 Å². The molecule has 16 heavy (non-hydrogen) atoms. The number of aliphatic hydroxyl groups excluding tert-OH is 1. The van der Waals surface area contributed by atoms with Crippen molar-refractivity contribution in [1.29, 1.82) is 0 Å². The Morgan fingerprint density at radius 3 is 3.06 bits per heavy atom. The van der Waals surface area contributed by atoms with Crippen LogP contribution in [0.5, 0.6) is 0 Å². The standard InChI is InChI=1S/C10H18N4O2/c1-2-12-10(16)7-11-6-9(15)8-14-5-3-4-13-14/h3-5,9,11,15H,2,6-8H2,1H3,(H,12,16). The molecule has 6 nitrogen and oxygen atoms in total. The molecule has 1 aromatic heterocycles. The third kappa shape index (κ3) is 4.90. The predicted octanol–water partition coefficient (Wildman–Crippen LogP) is -1.03. The number of nitrogens with one attached hydrogen (secondary N) is 2. The summed E-state index contributed by atoms with van der Waals surface area (Å²) in [6.45, 7) is 3.51. The second-order valence-corrected chi connectivity index (χ2v) is 3.47. The highest BCUT2D eigenvalue weighted by molar-refractivity contribution is 5.77. The van der Waals surface area contributed by atoms with Crippen molar-refractivity contribution in [2.75, 3.05) is 19.6 Å². The van der Waals surface area contributed by atoms with Crippen molar-refractivity contribution in [1.82, 2.24) is 20.4 Å². The van der Waals surface area contributed by atoms with Gasteiger partial charge in [0, 0.05) is 25.5 Å². The van der Waals surface area contributed by atoms with Crippen LogP contribution >= 0.6 is 0 Å². The van der Waals surface area contributed by atoms with Gasteiger partial charge in [0.25, 0.3) is 0 Å². The van der Waals surface area contributed by atoms with Crippen LogP contribution < -0.4 is 10.6 Å². The number of rotatable bonds is 7. The number of carbonyl (C=O) groups excluding carboxylic acids is 1. The Hall–Kier alpha value is -1.40. The number of aromatic nitrogens is 2. The normalized spacial score (nSPS) is 12.4. The molecule has 0 aliphatic heterocycles. The highest BCUT2D eigenvalue weighted by Crippen LogP contribution is 1.89. The van der Waals surface area contributed by atoms with Gasteiger partial charge in [-0.05, 0) is 13.0 Å². The van der Waals surface area contributed by atoms with Crippen molar-refractivity contribution >= 4 is 5.91 Å². The van der Waals surface area contributed by atoms with Gasteiger partial charge in [0.15, 0.2) is 0 Å². The van der Waals surface area contributed by atoms with Gasteiger partial charge in [-0.1, -0.05) is 0 Å². The molecule has 6 heteroatoms. The van der Waals surface area contributed by atoms with Crippen LogP contribution in [0, 0.1) is 0 Å². The number of amides is 1. The van der Waals surface area contributed by atoms with Crippen molar-refractivity contribution in [2.45, 2.75) is 19.6 Å². The van der Waals surface area contributed by atoms with E-state index < -0.39 is 6.10 Å². The second kappa shape index (κ2) is 6.97. The Kier molecular flexibility index (Phi) is 5.52. The average Bonchev–Trinajstić information content (AvgIpc) is 2.70. The minimum Gasteiger partial charge on any atom is -0.390 e. The first kappa shape index (κ1) is 12.7. The summed E-state index contributed by atoms with van der Waals surface area (Å²) in [6.07, 6.45) is 2.90. The molecule has 0 radical (unpaired) electrons. The molecule has 1 atom stereocenters. The van der Waals surface area contributed by atoms with Crippen LogP contribution in [0.2, 0.25) is 0 Å². The first-order valence-corrected chi connectivity index (χ1v) is 5.35. The van der Waals surface area contributed by atoms with Crippen LogP contribution in [0.1, 0.15) is 6.92 Å². The topological polar surface area (TPSA) is 79.2 Å². The number of carbonyl (C=O) groups is 1. The summed E-state index contributed by atoms with van der Waals surface area (Å²) in [5, 5.41) is 19.1. The molecule has 1 heterocycles. The Balaban J connectivity index is 2.11. The SMILES string of the molecule is CCNC(=O)CNCC(O)Cn1cccn1. The number of likely N-dealkylation sites (N-methyl/N-ethyl adjacent to an activating group) is 1. The summed E-state index contributed by atoms with van der Waals surface area (Å²) in [6, 6.07) is 1.80. The average molecular weight is 226 g/mol. The lowest BCUT2D eigenvalue weighted by Crippen LogP contribution is -2.38. The molecule has 0 aliphatic rings. The third-order valence-electron chi connectivity index (χ3n) is 2.00. The van der Waals surface area contributed by atoms with Gasteiger partial charge in [0.05, 0.1) is 19.2 Å². The lowest BCUT2D eigenvalue weighted by Gasteiger charge is -2.11. The van der Waals surface area contributed by atoms with Gasteiger partial charge in [-0.25, -0.2) is 0 Å². The smallest absolute Gasteiger partial charge is 0.233 e. The van der Waals surface area contributed by atoms with E-state index in [4.69, 9.17) is 0 Å². The number of hydrogen-bond acceptors (Lipinski definition) is 4. The zero-order chi connectivity index (χ0) is 11.8. The Morgan fingerprint density at radius 1 is 1.62 bits per heavy atom. The van der Waals surface area contributed by atoms with Gasteiger partial charge in [0.2, 0.25) is 5.91 Å². The fourth-order valence-corrected chi connectivity index (χ4v) is 1.30. The largest absolute Gasteiger partial charge is 0.390 e. The van der Waals surface area contributed by atoms with Gasteiger partial charge in [0.1, 0.15) is 0 Å². The zero-order valence-corrected chi connectivity index (χ0v) is 9.39. The molecule has 90 valence electrons. The zero-order valence-electron chi connectivity index (χ0n) is 9.39. The maximum absolute atomic E-state index is 11.1. The molecule has 0 bridgehead atoms. The first-order valence-electron chi connectivity index (χ1n) is 5.35. The molecular formula is C10H18N4O2. The fraction of sp³-hybridized carbons (Fsp3) is 0.600. The van der Waals surface area contributed by atoms with E-state index >= 15 is 0 Å². The van der Waals surface area contributed by atoms with Gasteiger partial charge in [-0.2, -0.15) is 5.10 Å². The quantitative estimate of drug-likeness (QED) is 0.555. The molecule has 1 aromatic rings. The highest BCUT2D eigenvalue weighted by Gasteiger charge is 2.06. The Morgan fingerprint density at radius 2 is 2.44 bits per heavy atom.